The van der Waals surface area contributed by atoms with E-state index in [0.29, 0.717) is 24.3 Å². The lowest BCUT2D eigenvalue weighted by Gasteiger charge is -2.23. The first-order valence-corrected chi connectivity index (χ1v) is 8.76. The molecule has 0 aliphatic rings. The minimum atomic E-state index is 0.129. The summed E-state index contributed by atoms with van der Waals surface area (Å²) in [5.41, 5.74) is 1.94. The number of carbonyl (C=O) groups excluding carboxylic acids is 1. The average molecular weight is 341 g/mol. The van der Waals surface area contributed by atoms with E-state index in [9.17, 15) is 4.79 Å². The summed E-state index contributed by atoms with van der Waals surface area (Å²) in [7, 11) is 3.25. The van der Waals surface area contributed by atoms with Crippen molar-refractivity contribution >= 4 is 11.6 Å². The maximum Gasteiger partial charge on any atom is 0.227 e. The molecule has 0 radical (unpaired) electrons. The van der Waals surface area contributed by atoms with Crippen LogP contribution in [0.1, 0.15) is 31.7 Å². The van der Waals surface area contributed by atoms with Gasteiger partial charge in [0.25, 0.3) is 0 Å². The van der Waals surface area contributed by atoms with Crippen molar-refractivity contribution < 1.29 is 14.3 Å². The molecule has 2 aromatic carbocycles. The Morgan fingerprint density at radius 1 is 1.00 bits per heavy atom. The van der Waals surface area contributed by atoms with Gasteiger partial charge in [0.1, 0.15) is 0 Å². The monoisotopic (exact) mass is 341 g/mol. The summed E-state index contributed by atoms with van der Waals surface area (Å²) in [4.78, 5) is 14.7. The van der Waals surface area contributed by atoms with Crippen LogP contribution in [0.4, 0.5) is 5.69 Å². The number of aryl methyl sites for hydroxylation is 1. The molecule has 4 heteroatoms. The largest absolute Gasteiger partial charge is 0.493 e. The van der Waals surface area contributed by atoms with Gasteiger partial charge in [-0.1, -0.05) is 43.7 Å². The fourth-order valence-electron chi connectivity index (χ4n) is 2.85. The summed E-state index contributed by atoms with van der Waals surface area (Å²) in [5.74, 6) is 1.53. The topological polar surface area (TPSA) is 38.8 Å². The van der Waals surface area contributed by atoms with E-state index in [1.807, 2.05) is 53.4 Å². The number of hydrogen-bond donors (Lipinski definition) is 0. The van der Waals surface area contributed by atoms with Gasteiger partial charge in [-0.15, -0.1) is 0 Å². The Kier molecular flexibility index (Phi) is 7.33. The molecule has 25 heavy (non-hydrogen) atoms. The number of unbranched alkanes of at least 4 members (excludes halogenated alkanes) is 1. The van der Waals surface area contributed by atoms with E-state index in [4.69, 9.17) is 9.47 Å². The molecular weight excluding hydrogens is 314 g/mol. The van der Waals surface area contributed by atoms with E-state index >= 15 is 0 Å². The molecule has 0 aliphatic carbocycles. The third-order valence-corrected chi connectivity index (χ3v) is 4.20. The number of methoxy groups -OCH3 is 2. The highest BCUT2D eigenvalue weighted by Crippen LogP contribution is 2.31. The second-order valence-electron chi connectivity index (χ2n) is 5.89. The Morgan fingerprint density at radius 2 is 1.76 bits per heavy atom. The Morgan fingerprint density at radius 3 is 2.40 bits per heavy atom. The van der Waals surface area contributed by atoms with E-state index in [-0.39, 0.29) is 5.91 Å². The summed E-state index contributed by atoms with van der Waals surface area (Å²) in [6.07, 6.45) is 3.10. The fourth-order valence-corrected chi connectivity index (χ4v) is 2.85. The van der Waals surface area contributed by atoms with Crippen LogP contribution in [0, 0.1) is 0 Å². The van der Waals surface area contributed by atoms with E-state index in [1.54, 1.807) is 14.2 Å². The van der Waals surface area contributed by atoms with Gasteiger partial charge in [-0.2, -0.15) is 0 Å². The normalized spacial score (nSPS) is 10.4. The van der Waals surface area contributed by atoms with Gasteiger partial charge in [-0.25, -0.2) is 0 Å². The van der Waals surface area contributed by atoms with Crippen LogP contribution >= 0.6 is 0 Å². The van der Waals surface area contributed by atoms with Crippen molar-refractivity contribution in [2.75, 3.05) is 25.7 Å². The number of para-hydroxylation sites is 2. The summed E-state index contributed by atoms with van der Waals surface area (Å²) >= 11 is 0. The molecule has 0 N–H and O–H groups in total. The molecule has 0 aromatic heterocycles. The van der Waals surface area contributed by atoms with E-state index in [1.165, 1.54) is 0 Å². The summed E-state index contributed by atoms with van der Waals surface area (Å²) < 4.78 is 10.8. The van der Waals surface area contributed by atoms with Crippen LogP contribution < -0.4 is 14.4 Å². The molecule has 0 spiro atoms. The molecule has 0 fully saturated rings. The number of carbonyl (C=O) groups is 1. The standard InChI is InChI=1S/C21H27NO3/c1-4-5-16-22(18-11-7-6-8-12-18)20(23)15-14-17-10-9-13-19(24-2)21(17)25-3/h6-13H,4-5,14-16H2,1-3H3. The predicted octanol–water partition coefficient (Wildman–Crippen LogP) is 4.47. The van der Waals surface area contributed by atoms with Crippen molar-refractivity contribution in [1.82, 2.24) is 0 Å². The van der Waals surface area contributed by atoms with Gasteiger partial charge >= 0.3 is 0 Å². The van der Waals surface area contributed by atoms with Gasteiger partial charge in [-0.05, 0) is 36.6 Å². The Labute approximate surface area is 150 Å². The van der Waals surface area contributed by atoms with Crippen molar-refractivity contribution in [3.05, 3.63) is 54.1 Å². The van der Waals surface area contributed by atoms with Crippen molar-refractivity contribution in [2.45, 2.75) is 32.6 Å². The minimum absolute atomic E-state index is 0.129. The summed E-state index contributed by atoms with van der Waals surface area (Å²) in [5, 5.41) is 0. The van der Waals surface area contributed by atoms with Crippen LogP contribution in [0.25, 0.3) is 0 Å². The fraction of sp³-hybridized carbons (Fsp3) is 0.381. The smallest absolute Gasteiger partial charge is 0.227 e. The van der Waals surface area contributed by atoms with Crippen molar-refractivity contribution in [1.29, 1.82) is 0 Å². The zero-order valence-electron chi connectivity index (χ0n) is 15.3. The molecule has 2 rings (SSSR count). The number of anilines is 1. The molecule has 2 aromatic rings. The number of nitrogens with zero attached hydrogens (tertiary/aromatic N) is 1. The summed E-state index contributed by atoms with van der Waals surface area (Å²) in [6.45, 7) is 2.88. The molecule has 0 atom stereocenters. The van der Waals surface area contributed by atoms with Gasteiger partial charge in [0, 0.05) is 18.7 Å². The van der Waals surface area contributed by atoms with Crippen LogP contribution in [0.15, 0.2) is 48.5 Å². The number of amides is 1. The molecule has 0 unspecified atom stereocenters. The highest BCUT2D eigenvalue weighted by Gasteiger charge is 2.17. The highest BCUT2D eigenvalue weighted by molar-refractivity contribution is 5.93. The van der Waals surface area contributed by atoms with Crippen molar-refractivity contribution in [3.63, 3.8) is 0 Å². The quantitative estimate of drug-likeness (QED) is 0.675. The maximum absolute atomic E-state index is 12.8. The number of hydrogen-bond acceptors (Lipinski definition) is 3. The molecule has 0 saturated carbocycles. The van der Waals surface area contributed by atoms with Crippen molar-refractivity contribution in [3.8, 4) is 11.5 Å². The van der Waals surface area contributed by atoms with Gasteiger partial charge in [-0.3, -0.25) is 4.79 Å². The average Bonchev–Trinajstić information content (AvgIpc) is 2.67. The first-order valence-electron chi connectivity index (χ1n) is 8.76. The third-order valence-electron chi connectivity index (χ3n) is 4.20. The number of rotatable bonds is 9. The van der Waals surface area contributed by atoms with Crippen LogP contribution in [0.3, 0.4) is 0 Å². The molecule has 134 valence electrons. The van der Waals surface area contributed by atoms with E-state index in [2.05, 4.69) is 6.92 Å². The predicted molar refractivity (Wildman–Crippen MR) is 102 cm³/mol. The number of ether oxygens (including phenoxy) is 2. The number of benzene rings is 2. The lowest BCUT2D eigenvalue weighted by molar-refractivity contribution is -0.118. The van der Waals surface area contributed by atoms with Crippen LogP contribution in [0.5, 0.6) is 11.5 Å². The van der Waals surface area contributed by atoms with E-state index in [0.717, 1.165) is 30.6 Å². The Balaban J connectivity index is 2.11. The SMILES string of the molecule is CCCCN(C(=O)CCc1cccc(OC)c1OC)c1ccccc1. The molecule has 4 nitrogen and oxygen atoms in total. The zero-order chi connectivity index (χ0) is 18.1. The second-order valence-corrected chi connectivity index (χ2v) is 5.89. The molecule has 0 aliphatic heterocycles. The van der Waals surface area contributed by atoms with Gasteiger partial charge in [0.15, 0.2) is 11.5 Å². The van der Waals surface area contributed by atoms with Gasteiger partial charge < -0.3 is 14.4 Å². The highest BCUT2D eigenvalue weighted by atomic mass is 16.5. The van der Waals surface area contributed by atoms with E-state index < -0.39 is 0 Å². The van der Waals surface area contributed by atoms with Crippen LogP contribution in [-0.4, -0.2) is 26.7 Å². The molecular formula is C21H27NO3. The maximum atomic E-state index is 12.8. The third kappa shape index (κ3) is 4.99. The van der Waals surface area contributed by atoms with Gasteiger partial charge in [0.2, 0.25) is 5.91 Å². The Bertz CT molecular complexity index is 670. The first-order chi connectivity index (χ1) is 12.2. The molecule has 0 heterocycles. The second kappa shape index (κ2) is 9.72. The van der Waals surface area contributed by atoms with Crippen molar-refractivity contribution in [2.24, 2.45) is 0 Å². The van der Waals surface area contributed by atoms with Gasteiger partial charge in [0.05, 0.1) is 14.2 Å². The van der Waals surface area contributed by atoms with Crippen LogP contribution in [0.2, 0.25) is 0 Å². The Hall–Kier alpha value is -2.49. The lowest BCUT2D eigenvalue weighted by atomic mass is 10.1. The lowest BCUT2D eigenvalue weighted by Crippen LogP contribution is -2.32. The first kappa shape index (κ1) is 18.8. The minimum Gasteiger partial charge on any atom is -0.493 e. The summed E-state index contributed by atoms with van der Waals surface area (Å²) in [6, 6.07) is 15.6. The molecule has 0 saturated heterocycles. The molecule has 1 amide bonds. The molecule has 0 bridgehead atoms. The van der Waals surface area contributed by atoms with Crippen LogP contribution in [-0.2, 0) is 11.2 Å². The zero-order valence-corrected chi connectivity index (χ0v) is 15.3.